The summed E-state index contributed by atoms with van der Waals surface area (Å²) in [5.74, 6) is 1.74. The number of nitrogens with zero attached hydrogens (tertiary/aromatic N) is 4. The molecule has 0 unspecified atom stereocenters. The summed E-state index contributed by atoms with van der Waals surface area (Å²) in [6.07, 6.45) is 0. The predicted octanol–water partition coefficient (Wildman–Crippen LogP) is 15.2. The molecule has 0 amide bonds. The summed E-state index contributed by atoms with van der Waals surface area (Å²) in [4.78, 5) is 15.7. The quantitative estimate of drug-likeness (QED) is 0.177. The number of benzene rings is 10. The van der Waals surface area contributed by atoms with Crippen LogP contribution in [-0.2, 0) is 0 Å². The standard InChI is InChI=1S/C57H32N4O2/c1-2-11-35-28-38(21-20-33(35)10-1)55-58-56(60-57(59-55)43-16-9-19-51-53(43)42-15-6-8-18-49(42)62-51)39-24-26-50-46(30-39)54-44-32-40(25-22-34(44)23-27-52(54)63-50)61-47-17-7-5-14-41(47)45-29-36-12-3-4-13-37(36)31-48(45)61/h1-32H. The van der Waals surface area contributed by atoms with Crippen LogP contribution in [0.15, 0.2) is 203 Å². The minimum Gasteiger partial charge on any atom is -0.456 e. The van der Waals surface area contributed by atoms with Crippen LogP contribution in [-0.4, -0.2) is 19.5 Å². The minimum atomic E-state index is 0.572. The SMILES string of the molecule is c1ccc2cc(-c3nc(-c4ccc5oc6ccc7ccc(-n8c9ccccc9c9cc%10ccccc%10cc98)cc7c6c5c4)nc(-c4cccc5oc6ccccc6c45)n3)ccc2c1. The summed E-state index contributed by atoms with van der Waals surface area (Å²) >= 11 is 0. The minimum absolute atomic E-state index is 0.572. The Morgan fingerprint density at radius 3 is 1.78 bits per heavy atom. The third kappa shape index (κ3) is 5.15. The fourth-order valence-corrected chi connectivity index (χ4v) is 9.84. The molecule has 292 valence electrons. The van der Waals surface area contributed by atoms with E-state index in [0.717, 1.165) is 87.8 Å². The molecule has 0 aliphatic carbocycles. The molecule has 4 aromatic heterocycles. The highest BCUT2D eigenvalue weighted by Crippen LogP contribution is 2.41. The van der Waals surface area contributed by atoms with E-state index < -0.39 is 0 Å². The highest BCUT2D eigenvalue weighted by atomic mass is 16.3. The van der Waals surface area contributed by atoms with Crippen LogP contribution >= 0.6 is 0 Å². The predicted molar refractivity (Wildman–Crippen MR) is 258 cm³/mol. The molecule has 0 saturated heterocycles. The van der Waals surface area contributed by atoms with Gasteiger partial charge in [0, 0.05) is 54.7 Å². The average Bonchev–Trinajstić information content (AvgIpc) is 4.02. The van der Waals surface area contributed by atoms with Gasteiger partial charge in [-0.15, -0.1) is 0 Å². The van der Waals surface area contributed by atoms with E-state index in [9.17, 15) is 0 Å². The molecule has 4 heterocycles. The van der Waals surface area contributed by atoms with Gasteiger partial charge in [0.05, 0.1) is 11.0 Å². The fraction of sp³-hybridized carbons (Fsp3) is 0. The van der Waals surface area contributed by atoms with Crippen molar-refractivity contribution in [1.29, 1.82) is 0 Å². The molecule has 0 radical (unpaired) electrons. The van der Waals surface area contributed by atoms with Crippen LogP contribution < -0.4 is 0 Å². The van der Waals surface area contributed by atoms with Crippen LogP contribution in [0, 0.1) is 0 Å². The van der Waals surface area contributed by atoms with Crippen molar-refractivity contribution in [3.05, 3.63) is 194 Å². The molecule has 0 saturated carbocycles. The number of rotatable bonds is 4. The van der Waals surface area contributed by atoms with Crippen molar-refractivity contribution < 1.29 is 8.83 Å². The van der Waals surface area contributed by atoms with Gasteiger partial charge in [0.25, 0.3) is 0 Å². The summed E-state index contributed by atoms with van der Waals surface area (Å²) in [6.45, 7) is 0. The summed E-state index contributed by atoms with van der Waals surface area (Å²) in [5.41, 5.74) is 9.32. The third-order valence-corrected chi connectivity index (χ3v) is 12.8. The van der Waals surface area contributed by atoms with Gasteiger partial charge < -0.3 is 13.4 Å². The van der Waals surface area contributed by atoms with Crippen LogP contribution in [0.2, 0.25) is 0 Å². The molecule has 0 atom stereocenters. The number of fused-ring (bicyclic) bond motifs is 13. The first-order valence-corrected chi connectivity index (χ1v) is 21.2. The molecular weight excluding hydrogens is 773 g/mol. The fourth-order valence-electron chi connectivity index (χ4n) is 9.84. The van der Waals surface area contributed by atoms with Crippen molar-refractivity contribution >= 4 is 98.0 Å². The van der Waals surface area contributed by atoms with E-state index in [4.69, 9.17) is 23.8 Å². The molecule has 10 aromatic carbocycles. The number of hydrogen-bond acceptors (Lipinski definition) is 5. The van der Waals surface area contributed by atoms with Crippen LogP contribution in [0.25, 0.3) is 138 Å². The lowest BCUT2D eigenvalue weighted by Crippen LogP contribution is -2.00. The average molecular weight is 805 g/mol. The Hall–Kier alpha value is -8.61. The maximum absolute atomic E-state index is 6.61. The lowest BCUT2D eigenvalue weighted by Gasteiger charge is -2.11. The summed E-state index contributed by atoms with van der Waals surface area (Å²) in [5, 5.41) is 13.5. The maximum atomic E-state index is 6.61. The third-order valence-electron chi connectivity index (χ3n) is 12.8. The first kappa shape index (κ1) is 34.1. The molecule has 0 spiro atoms. The molecule has 6 heteroatoms. The smallest absolute Gasteiger partial charge is 0.164 e. The van der Waals surface area contributed by atoms with Crippen LogP contribution in [0.1, 0.15) is 0 Å². The number of hydrogen-bond donors (Lipinski definition) is 0. The van der Waals surface area contributed by atoms with Gasteiger partial charge in [-0.3, -0.25) is 0 Å². The Morgan fingerprint density at radius 2 is 0.921 bits per heavy atom. The molecule has 6 nitrogen and oxygen atoms in total. The molecule has 14 aromatic rings. The number of furan rings is 2. The topological polar surface area (TPSA) is 69.9 Å². The largest absolute Gasteiger partial charge is 0.456 e. The van der Waals surface area contributed by atoms with Gasteiger partial charge in [-0.2, -0.15) is 0 Å². The highest BCUT2D eigenvalue weighted by Gasteiger charge is 2.20. The monoisotopic (exact) mass is 804 g/mol. The van der Waals surface area contributed by atoms with E-state index in [0.29, 0.717) is 17.5 Å². The zero-order valence-electron chi connectivity index (χ0n) is 33.6. The summed E-state index contributed by atoms with van der Waals surface area (Å²) < 4.78 is 15.3. The van der Waals surface area contributed by atoms with E-state index in [-0.39, 0.29) is 0 Å². The normalized spacial score (nSPS) is 12.1. The van der Waals surface area contributed by atoms with E-state index in [2.05, 4.69) is 162 Å². The first-order valence-electron chi connectivity index (χ1n) is 21.2. The Balaban J connectivity index is 0.994. The van der Waals surface area contributed by atoms with Gasteiger partial charge in [0.2, 0.25) is 0 Å². The Labute approximate surface area is 358 Å². The molecule has 0 bridgehead atoms. The maximum Gasteiger partial charge on any atom is 0.164 e. The van der Waals surface area contributed by atoms with E-state index in [1.165, 1.54) is 32.6 Å². The van der Waals surface area contributed by atoms with Crippen molar-refractivity contribution in [2.75, 3.05) is 0 Å². The van der Waals surface area contributed by atoms with Gasteiger partial charge in [-0.05, 0) is 105 Å². The molecule has 14 rings (SSSR count). The van der Waals surface area contributed by atoms with Gasteiger partial charge >= 0.3 is 0 Å². The van der Waals surface area contributed by atoms with Gasteiger partial charge in [0.15, 0.2) is 17.5 Å². The second-order valence-corrected chi connectivity index (χ2v) is 16.4. The van der Waals surface area contributed by atoms with E-state index in [1.54, 1.807) is 0 Å². The van der Waals surface area contributed by atoms with Crippen LogP contribution in [0.5, 0.6) is 0 Å². The van der Waals surface area contributed by atoms with E-state index in [1.807, 2.05) is 36.4 Å². The molecule has 0 fully saturated rings. The first-order chi connectivity index (χ1) is 31.2. The van der Waals surface area contributed by atoms with Crippen molar-refractivity contribution in [3.8, 4) is 39.9 Å². The molecule has 0 aliphatic rings. The van der Waals surface area contributed by atoms with Gasteiger partial charge in [-0.25, -0.2) is 15.0 Å². The molecule has 0 aliphatic heterocycles. The number of para-hydroxylation sites is 2. The van der Waals surface area contributed by atoms with Crippen LogP contribution in [0.4, 0.5) is 0 Å². The second-order valence-electron chi connectivity index (χ2n) is 16.4. The summed E-state index contributed by atoms with van der Waals surface area (Å²) in [6, 6.07) is 68.1. The lowest BCUT2D eigenvalue weighted by atomic mass is 10.0. The summed E-state index contributed by atoms with van der Waals surface area (Å²) in [7, 11) is 0. The van der Waals surface area contributed by atoms with Gasteiger partial charge in [0.1, 0.15) is 22.3 Å². The molecular formula is C57H32N4O2. The Bertz CT molecular complexity index is 4230. The van der Waals surface area contributed by atoms with E-state index >= 15 is 0 Å². The van der Waals surface area contributed by atoms with Crippen molar-refractivity contribution in [1.82, 2.24) is 19.5 Å². The Kier molecular flexibility index (Phi) is 7.02. The zero-order valence-corrected chi connectivity index (χ0v) is 33.6. The number of aromatic nitrogens is 4. The van der Waals surface area contributed by atoms with Crippen molar-refractivity contribution in [2.45, 2.75) is 0 Å². The highest BCUT2D eigenvalue weighted by molar-refractivity contribution is 6.20. The lowest BCUT2D eigenvalue weighted by molar-refractivity contribution is 0.668. The Morgan fingerprint density at radius 1 is 0.317 bits per heavy atom. The second kappa shape index (κ2) is 12.9. The van der Waals surface area contributed by atoms with Crippen molar-refractivity contribution in [3.63, 3.8) is 0 Å². The van der Waals surface area contributed by atoms with Crippen molar-refractivity contribution in [2.24, 2.45) is 0 Å². The van der Waals surface area contributed by atoms with Crippen LogP contribution in [0.3, 0.4) is 0 Å². The molecule has 0 N–H and O–H groups in total. The molecule has 63 heavy (non-hydrogen) atoms. The van der Waals surface area contributed by atoms with Gasteiger partial charge in [-0.1, -0.05) is 121 Å². The zero-order chi connectivity index (χ0) is 41.2.